The molecule has 4 atom stereocenters. The third-order valence-electron chi connectivity index (χ3n) is 4.72. The van der Waals surface area contributed by atoms with E-state index in [0.29, 0.717) is 19.3 Å². The number of Topliss-reactive ketones (excluding diaryl/α,β-unsaturated/α-hetero) is 1. The van der Waals surface area contributed by atoms with E-state index in [2.05, 4.69) is 13.0 Å². The molecule has 5 heteroatoms. The molecular formula is C20H32O5. The number of aliphatic carboxylic acids is 1. The molecule has 0 heterocycles. The SMILES string of the molecule is CCCCC/C=C\C[C@H]1[C@H](O)CC(=O)[C@@H]1/C=C/[C@@H](O)CCCC(=O)O. The van der Waals surface area contributed by atoms with E-state index in [9.17, 15) is 19.8 Å². The van der Waals surface area contributed by atoms with Gasteiger partial charge in [0.25, 0.3) is 0 Å². The molecule has 1 rings (SSSR count). The van der Waals surface area contributed by atoms with Gasteiger partial charge >= 0.3 is 5.97 Å². The van der Waals surface area contributed by atoms with Crippen molar-refractivity contribution >= 4 is 11.8 Å². The van der Waals surface area contributed by atoms with Crippen LogP contribution in [0, 0.1) is 11.8 Å². The van der Waals surface area contributed by atoms with Gasteiger partial charge in [-0.2, -0.15) is 0 Å². The van der Waals surface area contributed by atoms with Crippen molar-refractivity contribution in [2.24, 2.45) is 11.8 Å². The van der Waals surface area contributed by atoms with Crippen LogP contribution < -0.4 is 0 Å². The van der Waals surface area contributed by atoms with E-state index in [1.54, 1.807) is 12.2 Å². The highest BCUT2D eigenvalue weighted by Crippen LogP contribution is 2.33. The quantitative estimate of drug-likeness (QED) is 0.370. The summed E-state index contributed by atoms with van der Waals surface area (Å²) in [5, 5.41) is 28.6. The largest absolute Gasteiger partial charge is 0.481 e. The summed E-state index contributed by atoms with van der Waals surface area (Å²) in [6.07, 6.45) is 12.2. The highest BCUT2D eigenvalue weighted by molar-refractivity contribution is 5.86. The minimum absolute atomic E-state index is 0.00543. The van der Waals surface area contributed by atoms with Crippen LogP contribution >= 0.6 is 0 Å². The molecule has 1 aliphatic rings. The molecule has 0 bridgehead atoms. The van der Waals surface area contributed by atoms with Gasteiger partial charge in [0.15, 0.2) is 0 Å². The summed E-state index contributed by atoms with van der Waals surface area (Å²) in [6, 6.07) is 0. The summed E-state index contributed by atoms with van der Waals surface area (Å²) < 4.78 is 0. The standard InChI is InChI=1S/C20H32O5/c1-2-3-4-5-6-7-10-16-17(19(23)14-18(16)22)13-12-15(21)9-8-11-20(24)25/h6-7,12-13,15-18,21-22H,2-5,8-11,14H2,1H3,(H,24,25)/b7-6-,13-12+/t15-,16+,17+,18+/m0/s1. The summed E-state index contributed by atoms with van der Waals surface area (Å²) >= 11 is 0. The van der Waals surface area contributed by atoms with E-state index >= 15 is 0 Å². The predicted molar refractivity (Wildman–Crippen MR) is 97.1 cm³/mol. The Hall–Kier alpha value is -1.46. The number of carbonyl (C=O) groups excluding carboxylic acids is 1. The van der Waals surface area contributed by atoms with Crippen molar-refractivity contribution in [3.8, 4) is 0 Å². The number of hydrogen-bond donors (Lipinski definition) is 3. The molecule has 0 unspecified atom stereocenters. The van der Waals surface area contributed by atoms with Crippen molar-refractivity contribution in [2.75, 3.05) is 0 Å². The first-order valence-corrected chi connectivity index (χ1v) is 9.39. The van der Waals surface area contributed by atoms with Crippen LogP contribution in [0.15, 0.2) is 24.3 Å². The van der Waals surface area contributed by atoms with Crippen LogP contribution in [0.25, 0.3) is 0 Å². The van der Waals surface area contributed by atoms with Gasteiger partial charge in [0.2, 0.25) is 0 Å². The fourth-order valence-corrected chi connectivity index (χ4v) is 3.22. The number of rotatable bonds is 12. The summed E-state index contributed by atoms with van der Waals surface area (Å²) in [5.41, 5.74) is 0. The van der Waals surface area contributed by atoms with Gasteiger partial charge in [0, 0.05) is 24.7 Å². The zero-order valence-electron chi connectivity index (χ0n) is 15.1. The molecule has 5 nitrogen and oxygen atoms in total. The van der Waals surface area contributed by atoms with E-state index < -0.39 is 18.2 Å². The first kappa shape index (κ1) is 21.6. The molecule has 1 saturated carbocycles. The lowest BCUT2D eigenvalue weighted by Gasteiger charge is -2.17. The summed E-state index contributed by atoms with van der Waals surface area (Å²) in [6.45, 7) is 2.16. The zero-order valence-corrected chi connectivity index (χ0v) is 15.1. The Morgan fingerprint density at radius 1 is 1.28 bits per heavy atom. The van der Waals surface area contributed by atoms with Crippen LogP contribution in [-0.2, 0) is 9.59 Å². The topological polar surface area (TPSA) is 94.8 Å². The fraction of sp³-hybridized carbons (Fsp3) is 0.700. The lowest BCUT2D eigenvalue weighted by Crippen LogP contribution is -2.19. The third kappa shape index (κ3) is 8.45. The number of aliphatic hydroxyl groups is 2. The highest BCUT2D eigenvalue weighted by Gasteiger charge is 2.39. The van der Waals surface area contributed by atoms with Crippen molar-refractivity contribution in [1.29, 1.82) is 0 Å². The van der Waals surface area contributed by atoms with E-state index in [1.807, 2.05) is 6.08 Å². The molecule has 0 spiro atoms. The molecule has 25 heavy (non-hydrogen) atoms. The highest BCUT2D eigenvalue weighted by atomic mass is 16.4. The van der Waals surface area contributed by atoms with Crippen molar-refractivity contribution < 1.29 is 24.9 Å². The Morgan fingerprint density at radius 3 is 2.72 bits per heavy atom. The maximum absolute atomic E-state index is 12.1. The van der Waals surface area contributed by atoms with Gasteiger partial charge in [0.1, 0.15) is 5.78 Å². The molecule has 0 aromatic carbocycles. The molecule has 0 amide bonds. The lowest BCUT2D eigenvalue weighted by molar-refractivity contribution is -0.137. The maximum Gasteiger partial charge on any atom is 0.303 e. The second-order valence-electron chi connectivity index (χ2n) is 6.87. The van der Waals surface area contributed by atoms with E-state index in [4.69, 9.17) is 5.11 Å². The van der Waals surface area contributed by atoms with Crippen LogP contribution in [-0.4, -0.2) is 39.3 Å². The number of hydrogen-bond acceptors (Lipinski definition) is 4. The van der Waals surface area contributed by atoms with E-state index in [1.165, 1.54) is 12.8 Å². The normalized spacial score (nSPS) is 25.2. The van der Waals surface area contributed by atoms with Crippen molar-refractivity contribution in [3.05, 3.63) is 24.3 Å². The Bertz CT molecular complexity index is 469. The van der Waals surface area contributed by atoms with Crippen molar-refractivity contribution in [1.82, 2.24) is 0 Å². The van der Waals surface area contributed by atoms with Crippen LogP contribution in [0.3, 0.4) is 0 Å². The Morgan fingerprint density at radius 2 is 2.04 bits per heavy atom. The van der Waals surface area contributed by atoms with Gasteiger partial charge in [-0.05, 0) is 32.1 Å². The predicted octanol–water partition coefficient (Wildman–Crippen LogP) is 3.25. The average Bonchev–Trinajstić information content (AvgIpc) is 2.81. The van der Waals surface area contributed by atoms with Gasteiger partial charge < -0.3 is 15.3 Å². The fourth-order valence-electron chi connectivity index (χ4n) is 3.22. The molecule has 0 saturated heterocycles. The smallest absolute Gasteiger partial charge is 0.303 e. The van der Waals surface area contributed by atoms with Crippen molar-refractivity contribution in [3.63, 3.8) is 0 Å². The van der Waals surface area contributed by atoms with E-state index in [-0.39, 0.29) is 30.5 Å². The number of carboxylic acid groups (broad SMARTS) is 1. The maximum atomic E-state index is 12.1. The number of carboxylic acids is 1. The first-order valence-electron chi connectivity index (χ1n) is 9.39. The second kappa shape index (κ2) is 12.0. The van der Waals surface area contributed by atoms with Crippen LogP contribution in [0.5, 0.6) is 0 Å². The Kier molecular flexibility index (Phi) is 10.3. The molecule has 0 aliphatic heterocycles. The lowest BCUT2D eigenvalue weighted by atomic mass is 9.90. The average molecular weight is 352 g/mol. The van der Waals surface area contributed by atoms with Crippen LogP contribution in [0.1, 0.15) is 64.7 Å². The summed E-state index contributed by atoms with van der Waals surface area (Å²) in [5.74, 6) is -1.39. The molecular weight excluding hydrogens is 320 g/mol. The van der Waals surface area contributed by atoms with Crippen molar-refractivity contribution in [2.45, 2.75) is 76.9 Å². The second-order valence-corrected chi connectivity index (χ2v) is 6.87. The van der Waals surface area contributed by atoms with Gasteiger partial charge in [-0.3, -0.25) is 9.59 Å². The molecule has 142 valence electrons. The first-order chi connectivity index (χ1) is 12.0. The van der Waals surface area contributed by atoms with Gasteiger partial charge in [-0.15, -0.1) is 0 Å². The van der Waals surface area contributed by atoms with Gasteiger partial charge in [-0.1, -0.05) is 44.1 Å². The number of ketones is 1. The monoisotopic (exact) mass is 352 g/mol. The molecule has 3 N–H and O–H groups in total. The number of aliphatic hydroxyl groups excluding tert-OH is 2. The summed E-state index contributed by atoms with van der Waals surface area (Å²) in [4.78, 5) is 22.6. The zero-order chi connectivity index (χ0) is 18.7. The van der Waals surface area contributed by atoms with Crippen LogP contribution in [0.2, 0.25) is 0 Å². The number of allylic oxidation sites excluding steroid dienone is 3. The number of unbranched alkanes of at least 4 members (excludes halogenated alkanes) is 3. The Balaban J connectivity index is 2.49. The van der Waals surface area contributed by atoms with E-state index in [0.717, 1.165) is 12.8 Å². The molecule has 1 fully saturated rings. The molecule has 0 aromatic heterocycles. The van der Waals surface area contributed by atoms with Gasteiger partial charge in [-0.25, -0.2) is 0 Å². The third-order valence-corrected chi connectivity index (χ3v) is 4.72. The molecule has 0 radical (unpaired) electrons. The Labute approximate surface area is 150 Å². The van der Waals surface area contributed by atoms with Gasteiger partial charge in [0.05, 0.1) is 12.2 Å². The summed E-state index contributed by atoms with van der Waals surface area (Å²) in [7, 11) is 0. The minimum atomic E-state index is -0.879. The minimum Gasteiger partial charge on any atom is -0.481 e. The molecule has 0 aromatic rings. The molecule has 1 aliphatic carbocycles. The number of carbonyl (C=O) groups is 2. The van der Waals surface area contributed by atoms with Crippen LogP contribution in [0.4, 0.5) is 0 Å².